The molecule has 0 bridgehead atoms. The third kappa shape index (κ3) is 5.26. The minimum Gasteiger partial charge on any atom is -0.459 e. The van der Waals surface area contributed by atoms with Crippen molar-refractivity contribution in [3.8, 4) is 0 Å². The fraction of sp³-hybridized carbons (Fsp3) is 0.188. The molecule has 2 aromatic rings. The van der Waals surface area contributed by atoms with Crippen LogP contribution < -0.4 is 4.31 Å². The number of carbonyl (C=O) groups is 1. The lowest BCUT2D eigenvalue weighted by Gasteiger charge is -2.21. The van der Waals surface area contributed by atoms with Crippen LogP contribution in [0.3, 0.4) is 0 Å². The van der Waals surface area contributed by atoms with Crippen LogP contribution in [-0.4, -0.2) is 27.2 Å². The molecule has 23 heavy (non-hydrogen) atoms. The van der Waals surface area contributed by atoms with Gasteiger partial charge in [-0.15, -0.1) is 0 Å². The standard InChI is InChI=1S/C16H16ClNO4S/c1-23(20,21)18(15-9-5-8-14(17)10-15)11-16(19)22-12-13-6-3-2-4-7-13/h2-10H,11-12H2,1H3. The number of sulfonamides is 1. The van der Waals surface area contributed by atoms with Crippen molar-refractivity contribution < 1.29 is 17.9 Å². The van der Waals surface area contributed by atoms with E-state index in [0.29, 0.717) is 10.7 Å². The van der Waals surface area contributed by atoms with Crippen LogP contribution in [0.25, 0.3) is 0 Å². The smallest absolute Gasteiger partial charge is 0.327 e. The second-order valence-electron chi connectivity index (χ2n) is 4.90. The molecule has 0 N–H and O–H groups in total. The summed E-state index contributed by atoms with van der Waals surface area (Å²) in [6.07, 6.45) is 1.03. The molecule has 0 atom stereocenters. The molecule has 0 heterocycles. The highest BCUT2D eigenvalue weighted by Gasteiger charge is 2.21. The van der Waals surface area contributed by atoms with Crippen LogP contribution in [0.1, 0.15) is 5.56 Å². The fourth-order valence-corrected chi connectivity index (χ4v) is 2.95. The van der Waals surface area contributed by atoms with Gasteiger partial charge in [-0.2, -0.15) is 0 Å². The molecule has 7 heteroatoms. The Labute approximate surface area is 140 Å². The van der Waals surface area contributed by atoms with Gasteiger partial charge in [0.15, 0.2) is 0 Å². The monoisotopic (exact) mass is 353 g/mol. The van der Waals surface area contributed by atoms with E-state index >= 15 is 0 Å². The normalized spacial score (nSPS) is 11.0. The number of halogens is 1. The van der Waals surface area contributed by atoms with E-state index in [9.17, 15) is 13.2 Å². The van der Waals surface area contributed by atoms with Crippen molar-refractivity contribution in [1.29, 1.82) is 0 Å². The maximum Gasteiger partial charge on any atom is 0.327 e. The zero-order chi connectivity index (χ0) is 16.9. The third-order valence-electron chi connectivity index (χ3n) is 3.01. The summed E-state index contributed by atoms with van der Waals surface area (Å²) in [5.74, 6) is -0.640. The Morgan fingerprint density at radius 2 is 1.83 bits per heavy atom. The number of ether oxygens (including phenoxy) is 1. The number of hydrogen-bond acceptors (Lipinski definition) is 4. The van der Waals surface area contributed by atoms with E-state index in [1.54, 1.807) is 18.2 Å². The van der Waals surface area contributed by atoms with Crippen LogP contribution in [0.15, 0.2) is 54.6 Å². The fourth-order valence-electron chi connectivity index (χ4n) is 1.93. The molecule has 5 nitrogen and oxygen atoms in total. The van der Waals surface area contributed by atoms with Gasteiger partial charge in [0, 0.05) is 5.02 Å². The highest BCUT2D eigenvalue weighted by Crippen LogP contribution is 2.21. The summed E-state index contributed by atoms with van der Waals surface area (Å²) in [6, 6.07) is 15.4. The summed E-state index contributed by atoms with van der Waals surface area (Å²) >= 11 is 5.88. The van der Waals surface area contributed by atoms with E-state index in [4.69, 9.17) is 16.3 Å². The van der Waals surface area contributed by atoms with Crippen LogP contribution in [0.5, 0.6) is 0 Å². The second kappa shape index (κ2) is 7.48. The Bertz CT molecular complexity index is 778. The van der Waals surface area contributed by atoms with Crippen molar-refractivity contribution in [2.45, 2.75) is 6.61 Å². The number of anilines is 1. The summed E-state index contributed by atoms with van der Waals surface area (Å²) in [4.78, 5) is 12.0. The summed E-state index contributed by atoms with van der Waals surface area (Å²) in [6.45, 7) is -0.321. The van der Waals surface area contributed by atoms with Gasteiger partial charge in [-0.05, 0) is 23.8 Å². The predicted molar refractivity (Wildman–Crippen MR) is 89.9 cm³/mol. The lowest BCUT2D eigenvalue weighted by molar-refractivity contribution is -0.143. The maximum absolute atomic E-state index is 12.0. The van der Waals surface area contributed by atoms with Crippen molar-refractivity contribution in [2.24, 2.45) is 0 Å². The molecule has 0 unspecified atom stereocenters. The van der Waals surface area contributed by atoms with Gasteiger partial charge >= 0.3 is 5.97 Å². The lowest BCUT2D eigenvalue weighted by Crippen LogP contribution is -2.35. The molecule has 2 aromatic carbocycles. The summed E-state index contributed by atoms with van der Waals surface area (Å²) in [5.41, 5.74) is 1.14. The highest BCUT2D eigenvalue weighted by atomic mass is 35.5. The van der Waals surface area contributed by atoms with Crippen molar-refractivity contribution in [3.05, 3.63) is 65.2 Å². The number of rotatable bonds is 6. The van der Waals surface area contributed by atoms with Gasteiger partial charge in [-0.1, -0.05) is 48.0 Å². The zero-order valence-electron chi connectivity index (χ0n) is 12.5. The number of benzene rings is 2. The van der Waals surface area contributed by atoms with Gasteiger partial charge in [-0.25, -0.2) is 8.42 Å². The summed E-state index contributed by atoms with van der Waals surface area (Å²) in [5, 5.41) is 0.383. The first kappa shape index (κ1) is 17.3. The summed E-state index contributed by atoms with van der Waals surface area (Å²) in [7, 11) is -3.64. The molecular weight excluding hydrogens is 338 g/mol. The number of nitrogens with zero attached hydrogens (tertiary/aromatic N) is 1. The molecular formula is C16H16ClNO4S. The minimum absolute atomic E-state index is 0.0901. The van der Waals surface area contributed by atoms with E-state index in [1.165, 1.54) is 6.07 Å². The zero-order valence-corrected chi connectivity index (χ0v) is 14.0. The molecule has 122 valence electrons. The van der Waals surface area contributed by atoms with Gasteiger partial charge in [0.05, 0.1) is 11.9 Å². The quantitative estimate of drug-likeness (QED) is 0.749. The molecule has 2 rings (SSSR count). The van der Waals surface area contributed by atoms with Crippen LogP contribution in [0.4, 0.5) is 5.69 Å². The molecule has 0 spiro atoms. The van der Waals surface area contributed by atoms with Crippen molar-refractivity contribution in [2.75, 3.05) is 17.1 Å². The van der Waals surface area contributed by atoms with Crippen molar-refractivity contribution in [3.63, 3.8) is 0 Å². The Morgan fingerprint density at radius 3 is 2.43 bits per heavy atom. The number of carbonyl (C=O) groups excluding carboxylic acids is 1. The Balaban J connectivity index is 2.08. The lowest BCUT2D eigenvalue weighted by atomic mass is 10.2. The van der Waals surface area contributed by atoms with Gasteiger partial charge in [0.1, 0.15) is 13.2 Å². The highest BCUT2D eigenvalue weighted by molar-refractivity contribution is 7.92. The SMILES string of the molecule is CS(=O)(=O)N(CC(=O)OCc1ccccc1)c1cccc(Cl)c1. The average molecular weight is 354 g/mol. The van der Waals surface area contributed by atoms with Gasteiger partial charge in [-0.3, -0.25) is 9.10 Å². The molecule has 0 amide bonds. The molecule has 0 aliphatic heterocycles. The Hall–Kier alpha value is -2.05. The number of hydrogen-bond donors (Lipinski definition) is 0. The van der Waals surface area contributed by atoms with Crippen LogP contribution in [0.2, 0.25) is 5.02 Å². The predicted octanol–water partition coefficient (Wildman–Crippen LogP) is 2.85. The van der Waals surface area contributed by atoms with E-state index < -0.39 is 22.5 Å². The molecule has 0 saturated heterocycles. The van der Waals surface area contributed by atoms with Crippen LogP contribution >= 0.6 is 11.6 Å². The molecule has 0 aliphatic rings. The van der Waals surface area contributed by atoms with E-state index in [0.717, 1.165) is 16.1 Å². The van der Waals surface area contributed by atoms with Crippen LogP contribution in [-0.2, 0) is 26.2 Å². The topological polar surface area (TPSA) is 63.7 Å². The van der Waals surface area contributed by atoms with Gasteiger partial charge in [0.25, 0.3) is 0 Å². The first-order chi connectivity index (χ1) is 10.9. The van der Waals surface area contributed by atoms with Gasteiger partial charge in [0.2, 0.25) is 10.0 Å². The second-order valence-corrected chi connectivity index (χ2v) is 7.24. The first-order valence-corrected chi connectivity index (χ1v) is 9.02. The molecule has 0 fully saturated rings. The maximum atomic E-state index is 12.0. The Kier molecular flexibility index (Phi) is 5.63. The van der Waals surface area contributed by atoms with Crippen molar-refractivity contribution >= 4 is 33.3 Å². The number of esters is 1. The first-order valence-electron chi connectivity index (χ1n) is 6.79. The molecule has 0 saturated carbocycles. The largest absolute Gasteiger partial charge is 0.459 e. The average Bonchev–Trinajstić information content (AvgIpc) is 2.50. The molecule has 0 radical (unpaired) electrons. The minimum atomic E-state index is -3.64. The third-order valence-corrected chi connectivity index (χ3v) is 4.39. The van der Waals surface area contributed by atoms with Gasteiger partial charge < -0.3 is 4.74 Å². The van der Waals surface area contributed by atoms with Crippen molar-refractivity contribution in [1.82, 2.24) is 0 Å². The van der Waals surface area contributed by atoms with E-state index in [-0.39, 0.29) is 6.61 Å². The molecule has 0 aromatic heterocycles. The van der Waals surface area contributed by atoms with Crippen LogP contribution in [0, 0.1) is 0 Å². The Morgan fingerprint density at radius 1 is 1.13 bits per heavy atom. The summed E-state index contributed by atoms with van der Waals surface area (Å²) < 4.78 is 29.9. The van der Waals surface area contributed by atoms with E-state index in [1.807, 2.05) is 30.3 Å². The molecule has 0 aliphatic carbocycles. The van der Waals surface area contributed by atoms with E-state index in [2.05, 4.69) is 0 Å².